The molecule has 3 aliphatic heterocycles. The van der Waals surface area contributed by atoms with Crippen LogP contribution in [0.4, 0.5) is 4.79 Å². The zero-order valence-corrected chi connectivity index (χ0v) is 19.7. The number of nitrogens with zero attached hydrogens (tertiary/aromatic N) is 3. The third-order valence-corrected chi connectivity index (χ3v) is 6.92. The van der Waals surface area contributed by atoms with E-state index in [1.807, 2.05) is 32.7 Å². The molecule has 1 amide bonds. The fourth-order valence-corrected chi connectivity index (χ4v) is 5.31. The molecule has 3 fully saturated rings. The van der Waals surface area contributed by atoms with Crippen LogP contribution in [-0.4, -0.2) is 79.3 Å². The summed E-state index contributed by atoms with van der Waals surface area (Å²) in [4.78, 5) is 21.3. The Morgan fingerprint density at radius 2 is 1.83 bits per heavy atom. The first-order valence-electron chi connectivity index (χ1n) is 11.9. The molecule has 172 valence electrons. The second kappa shape index (κ2) is 10.2. The minimum atomic E-state index is -0.434. The molecule has 2 bridgehead atoms. The Morgan fingerprint density at radius 1 is 1.13 bits per heavy atom. The van der Waals surface area contributed by atoms with Crippen LogP contribution in [0.15, 0.2) is 4.99 Å². The molecular weight excluding hydrogens is 378 g/mol. The highest BCUT2D eigenvalue weighted by Gasteiger charge is 2.36. The first-order chi connectivity index (χ1) is 14.2. The molecule has 0 spiro atoms. The number of carbonyl (C=O) groups is 1. The van der Waals surface area contributed by atoms with Crippen molar-refractivity contribution in [3.05, 3.63) is 0 Å². The van der Waals surface area contributed by atoms with Crippen molar-refractivity contribution in [2.45, 2.75) is 95.9 Å². The number of hydrogen-bond acceptors (Lipinski definition) is 4. The zero-order valence-electron chi connectivity index (χ0n) is 19.7. The van der Waals surface area contributed by atoms with E-state index in [0.29, 0.717) is 24.0 Å². The Morgan fingerprint density at radius 3 is 2.47 bits per heavy atom. The van der Waals surface area contributed by atoms with E-state index in [-0.39, 0.29) is 6.09 Å². The molecule has 0 aliphatic carbocycles. The number of nitrogens with one attached hydrogen (secondary N) is 2. The van der Waals surface area contributed by atoms with Crippen molar-refractivity contribution < 1.29 is 9.53 Å². The lowest BCUT2D eigenvalue weighted by molar-refractivity contribution is 0.0162. The van der Waals surface area contributed by atoms with Gasteiger partial charge in [0.25, 0.3) is 0 Å². The molecule has 3 unspecified atom stereocenters. The van der Waals surface area contributed by atoms with Crippen molar-refractivity contribution in [2.24, 2.45) is 10.9 Å². The number of amides is 1. The Bertz CT molecular complexity index is 589. The first-order valence-corrected chi connectivity index (χ1v) is 11.9. The van der Waals surface area contributed by atoms with E-state index >= 15 is 0 Å². The van der Waals surface area contributed by atoms with Gasteiger partial charge in [-0.05, 0) is 78.7 Å². The second-order valence-corrected chi connectivity index (χ2v) is 10.4. The monoisotopic (exact) mass is 421 g/mol. The Hall–Kier alpha value is -1.50. The van der Waals surface area contributed by atoms with Crippen molar-refractivity contribution in [3.63, 3.8) is 0 Å². The molecule has 0 radical (unpaired) electrons. The molecule has 7 heteroatoms. The summed E-state index contributed by atoms with van der Waals surface area (Å²) >= 11 is 0. The third-order valence-electron chi connectivity index (χ3n) is 6.92. The van der Waals surface area contributed by atoms with Crippen molar-refractivity contribution in [1.29, 1.82) is 0 Å². The van der Waals surface area contributed by atoms with Gasteiger partial charge < -0.3 is 25.2 Å². The lowest BCUT2D eigenvalue weighted by Gasteiger charge is -2.47. The van der Waals surface area contributed by atoms with Crippen LogP contribution in [0, 0.1) is 5.92 Å². The largest absolute Gasteiger partial charge is 0.444 e. The van der Waals surface area contributed by atoms with Gasteiger partial charge in [0.05, 0.1) is 0 Å². The molecule has 3 heterocycles. The Labute approximate surface area is 183 Å². The van der Waals surface area contributed by atoms with Crippen molar-refractivity contribution >= 4 is 12.1 Å². The number of rotatable bonds is 4. The number of guanidine groups is 1. The first kappa shape index (κ1) is 23.2. The standard InChI is InChI=1S/C23H43N5O2/c1-23(2,3)30-22(29)28-13-7-8-17(16-28)11-12-25-21(24-4)26-18-14-19-9-6-10-20(15-18)27(19)5/h17-20H,6-16H2,1-5H3,(H2,24,25,26). The Kier molecular flexibility index (Phi) is 7.88. The summed E-state index contributed by atoms with van der Waals surface area (Å²) in [7, 11) is 4.15. The Balaban J connectivity index is 1.40. The number of fused-ring (bicyclic) bond motifs is 2. The van der Waals surface area contributed by atoms with Crippen LogP contribution >= 0.6 is 0 Å². The van der Waals surface area contributed by atoms with Crippen LogP contribution in [0.5, 0.6) is 0 Å². The molecule has 0 aromatic rings. The number of ether oxygens (including phenoxy) is 1. The van der Waals surface area contributed by atoms with Gasteiger partial charge in [-0.1, -0.05) is 6.42 Å². The molecule has 3 atom stereocenters. The van der Waals surface area contributed by atoms with Crippen LogP contribution in [-0.2, 0) is 4.74 Å². The minimum Gasteiger partial charge on any atom is -0.444 e. The average molecular weight is 422 g/mol. The van der Waals surface area contributed by atoms with Gasteiger partial charge in [0, 0.05) is 44.8 Å². The molecule has 0 aromatic heterocycles. The van der Waals surface area contributed by atoms with E-state index in [1.54, 1.807) is 0 Å². The number of piperidine rings is 3. The van der Waals surface area contributed by atoms with Crippen LogP contribution < -0.4 is 10.6 Å². The lowest BCUT2D eigenvalue weighted by atomic mass is 9.82. The summed E-state index contributed by atoms with van der Waals surface area (Å²) in [5.74, 6) is 1.43. The topological polar surface area (TPSA) is 69.2 Å². The molecule has 30 heavy (non-hydrogen) atoms. The van der Waals surface area contributed by atoms with Crippen LogP contribution in [0.2, 0.25) is 0 Å². The van der Waals surface area contributed by atoms with Gasteiger partial charge in [0.1, 0.15) is 5.60 Å². The molecule has 3 saturated heterocycles. The molecule has 0 saturated carbocycles. The van der Waals surface area contributed by atoms with Gasteiger partial charge in [0.15, 0.2) is 5.96 Å². The van der Waals surface area contributed by atoms with Crippen molar-refractivity contribution in [1.82, 2.24) is 20.4 Å². The number of likely N-dealkylation sites (tertiary alicyclic amines) is 1. The third kappa shape index (κ3) is 6.50. The SMILES string of the molecule is CN=C(NCCC1CCCN(C(=O)OC(C)(C)C)C1)NC1CC2CCCC(C1)N2C. The van der Waals surface area contributed by atoms with E-state index in [0.717, 1.165) is 38.4 Å². The highest BCUT2D eigenvalue weighted by molar-refractivity contribution is 5.79. The quantitative estimate of drug-likeness (QED) is 0.539. The number of aliphatic imine (C=N–C) groups is 1. The van der Waals surface area contributed by atoms with Crippen LogP contribution in [0.3, 0.4) is 0 Å². The summed E-state index contributed by atoms with van der Waals surface area (Å²) < 4.78 is 5.55. The molecule has 7 nitrogen and oxygen atoms in total. The summed E-state index contributed by atoms with van der Waals surface area (Å²) in [6.07, 6.45) is 9.54. The number of hydrogen-bond donors (Lipinski definition) is 2. The smallest absolute Gasteiger partial charge is 0.410 e. The normalized spacial score (nSPS) is 30.7. The minimum absolute atomic E-state index is 0.176. The highest BCUT2D eigenvalue weighted by atomic mass is 16.6. The van der Waals surface area contributed by atoms with E-state index in [9.17, 15) is 4.79 Å². The van der Waals surface area contributed by atoms with Crippen LogP contribution in [0.25, 0.3) is 0 Å². The average Bonchev–Trinajstić information content (AvgIpc) is 2.67. The van der Waals surface area contributed by atoms with E-state index < -0.39 is 5.60 Å². The fourth-order valence-electron chi connectivity index (χ4n) is 5.31. The highest BCUT2D eigenvalue weighted by Crippen LogP contribution is 2.32. The maximum Gasteiger partial charge on any atom is 0.410 e. The second-order valence-electron chi connectivity index (χ2n) is 10.4. The van der Waals surface area contributed by atoms with Gasteiger partial charge in [0.2, 0.25) is 0 Å². The molecular formula is C23H43N5O2. The van der Waals surface area contributed by atoms with Crippen LogP contribution in [0.1, 0.15) is 72.1 Å². The van der Waals surface area contributed by atoms with Gasteiger partial charge in [-0.25, -0.2) is 4.79 Å². The molecule has 2 N–H and O–H groups in total. The van der Waals surface area contributed by atoms with Gasteiger partial charge in [-0.2, -0.15) is 0 Å². The predicted molar refractivity (Wildman–Crippen MR) is 122 cm³/mol. The van der Waals surface area contributed by atoms with E-state index in [1.165, 1.54) is 38.5 Å². The summed E-state index contributed by atoms with van der Waals surface area (Å²) in [6.45, 7) is 8.25. The summed E-state index contributed by atoms with van der Waals surface area (Å²) in [6, 6.07) is 1.95. The molecule has 0 aromatic carbocycles. The van der Waals surface area contributed by atoms with Gasteiger partial charge >= 0.3 is 6.09 Å². The maximum atomic E-state index is 12.4. The van der Waals surface area contributed by atoms with E-state index in [2.05, 4.69) is 27.6 Å². The summed E-state index contributed by atoms with van der Waals surface area (Å²) in [5, 5.41) is 7.19. The summed E-state index contributed by atoms with van der Waals surface area (Å²) in [5.41, 5.74) is -0.434. The van der Waals surface area contributed by atoms with Crippen molar-refractivity contribution in [3.8, 4) is 0 Å². The predicted octanol–water partition coefficient (Wildman–Crippen LogP) is 3.20. The van der Waals surface area contributed by atoms with E-state index in [4.69, 9.17) is 4.74 Å². The molecule has 3 rings (SSSR count). The maximum absolute atomic E-state index is 12.4. The zero-order chi connectivity index (χ0) is 21.7. The molecule has 3 aliphatic rings. The van der Waals surface area contributed by atoms with Gasteiger partial charge in [-0.3, -0.25) is 4.99 Å². The lowest BCUT2D eigenvalue weighted by Crippen LogP contribution is -2.56. The number of carbonyl (C=O) groups excluding carboxylic acids is 1. The fraction of sp³-hybridized carbons (Fsp3) is 0.913. The van der Waals surface area contributed by atoms with Gasteiger partial charge in [-0.15, -0.1) is 0 Å². The van der Waals surface area contributed by atoms with Crippen molar-refractivity contribution in [2.75, 3.05) is 33.7 Å².